The summed E-state index contributed by atoms with van der Waals surface area (Å²) in [6.45, 7) is 1.60. The first-order valence-electron chi connectivity index (χ1n) is 7.60. The lowest BCUT2D eigenvalue weighted by Gasteiger charge is -2.39. The molecular formula is C16H24F2N2O. The van der Waals surface area contributed by atoms with Crippen LogP contribution >= 0.6 is 0 Å². The van der Waals surface area contributed by atoms with E-state index in [-0.39, 0.29) is 5.75 Å². The Hall–Kier alpha value is -1.20. The zero-order valence-electron chi connectivity index (χ0n) is 12.5. The lowest BCUT2D eigenvalue weighted by Crippen LogP contribution is -2.46. The molecule has 0 aliphatic carbocycles. The summed E-state index contributed by atoms with van der Waals surface area (Å²) in [5.41, 5.74) is 6.69. The third kappa shape index (κ3) is 4.38. The van der Waals surface area contributed by atoms with Gasteiger partial charge in [0.2, 0.25) is 0 Å². The predicted molar refractivity (Wildman–Crippen MR) is 79.3 cm³/mol. The minimum absolute atomic E-state index is 0.265. The molecular weight excluding hydrogens is 274 g/mol. The molecule has 1 aliphatic rings. The number of alkyl halides is 2. The molecule has 1 heterocycles. The standard InChI is InChI=1S/C16H24F2N2O/c1-2-12-7-8-20(14(9-12)10-19)11-13-5-3-4-6-15(13)21-16(17)18/h3-6,12,14,16H,2,7-11,19H2,1H3. The minimum Gasteiger partial charge on any atom is -0.434 e. The van der Waals surface area contributed by atoms with Crippen molar-refractivity contribution in [3.8, 4) is 5.75 Å². The van der Waals surface area contributed by atoms with Gasteiger partial charge in [0.25, 0.3) is 0 Å². The SMILES string of the molecule is CCC1CCN(Cc2ccccc2OC(F)F)C(CN)C1. The van der Waals surface area contributed by atoms with E-state index in [0.717, 1.165) is 30.9 Å². The van der Waals surface area contributed by atoms with Crippen LogP contribution in [-0.2, 0) is 6.54 Å². The van der Waals surface area contributed by atoms with Gasteiger partial charge in [-0.25, -0.2) is 0 Å². The number of hydrogen-bond acceptors (Lipinski definition) is 3. The summed E-state index contributed by atoms with van der Waals surface area (Å²) < 4.78 is 29.5. The van der Waals surface area contributed by atoms with Gasteiger partial charge in [-0.05, 0) is 31.4 Å². The molecule has 2 rings (SSSR count). The Balaban J connectivity index is 2.07. The van der Waals surface area contributed by atoms with E-state index in [1.165, 1.54) is 6.42 Å². The summed E-state index contributed by atoms with van der Waals surface area (Å²) in [6, 6.07) is 7.33. The fourth-order valence-corrected chi connectivity index (χ4v) is 3.07. The maximum Gasteiger partial charge on any atom is 0.387 e. The topological polar surface area (TPSA) is 38.5 Å². The maximum absolute atomic E-state index is 12.5. The molecule has 0 amide bonds. The molecule has 0 radical (unpaired) electrons. The molecule has 1 fully saturated rings. The van der Waals surface area contributed by atoms with Crippen molar-refractivity contribution < 1.29 is 13.5 Å². The summed E-state index contributed by atoms with van der Waals surface area (Å²) in [7, 11) is 0. The van der Waals surface area contributed by atoms with Crippen LogP contribution in [0.1, 0.15) is 31.7 Å². The summed E-state index contributed by atoms with van der Waals surface area (Å²) in [6.07, 6.45) is 3.41. The van der Waals surface area contributed by atoms with Crippen LogP contribution in [-0.4, -0.2) is 30.6 Å². The zero-order valence-corrected chi connectivity index (χ0v) is 12.5. The Morgan fingerprint density at radius 3 is 2.81 bits per heavy atom. The number of hydrogen-bond donors (Lipinski definition) is 1. The zero-order chi connectivity index (χ0) is 15.2. The van der Waals surface area contributed by atoms with E-state index in [0.29, 0.717) is 19.1 Å². The Labute approximate surface area is 125 Å². The highest BCUT2D eigenvalue weighted by atomic mass is 19.3. The fraction of sp³-hybridized carbons (Fsp3) is 0.625. The average Bonchev–Trinajstić information content (AvgIpc) is 2.49. The Morgan fingerprint density at radius 1 is 1.38 bits per heavy atom. The normalized spacial score (nSPS) is 23.5. The Morgan fingerprint density at radius 2 is 2.14 bits per heavy atom. The maximum atomic E-state index is 12.5. The molecule has 1 aromatic carbocycles. The van der Waals surface area contributed by atoms with Gasteiger partial charge in [-0.15, -0.1) is 0 Å². The largest absolute Gasteiger partial charge is 0.434 e. The minimum atomic E-state index is -2.79. The van der Waals surface area contributed by atoms with Gasteiger partial charge in [-0.1, -0.05) is 31.5 Å². The number of nitrogens with zero attached hydrogens (tertiary/aromatic N) is 1. The molecule has 1 aliphatic heterocycles. The number of halogens is 2. The first kappa shape index (κ1) is 16.2. The molecule has 1 saturated heterocycles. The molecule has 2 atom stereocenters. The summed E-state index contributed by atoms with van der Waals surface area (Å²) in [4.78, 5) is 2.29. The molecule has 1 aromatic rings. The van der Waals surface area contributed by atoms with Gasteiger partial charge in [0.1, 0.15) is 5.75 Å². The van der Waals surface area contributed by atoms with Gasteiger partial charge >= 0.3 is 6.61 Å². The molecule has 5 heteroatoms. The van der Waals surface area contributed by atoms with Crippen LogP contribution in [0.3, 0.4) is 0 Å². The highest BCUT2D eigenvalue weighted by molar-refractivity contribution is 5.33. The molecule has 21 heavy (non-hydrogen) atoms. The smallest absolute Gasteiger partial charge is 0.387 e. The quantitative estimate of drug-likeness (QED) is 0.876. The second kappa shape index (κ2) is 7.71. The van der Waals surface area contributed by atoms with Crippen molar-refractivity contribution in [3.63, 3.8) is 0 Å². The van der Waals surface area contributed by atoms with Crippen LogP contribution in [0.25, 0.3) is 0 Å². The van der Waals surface area contributed by atoms with Crippen LogP contribution in [0.4, 0.5) is 8.78 Å². The number of para-hydroxylation sites is 1. The van der Waals surface area contributed by atoms with Gasteiger partial charge in [0.15, 0.2) is 0 Å². The van der Waals surface area contributed by atoms with Crippen LogP contribution in [0.5, 0.6) is 5.75 Å². The monoisotopic (exact) mass is 298 g/mol. The third-order valence-electron chi connectivity index (χ3n) is 4.36. The molecule has 0 bridgehead atoms. The van der Waals surface area contributed by atoms with E-state index < -0.39 is 6.61 Å². The predicted octanol–water partition coefficient (Wildman–Crippen LogP) is 3.24. The van der Waals surface area contributed by atoms with Crippen molar-refractivity contribution in [3.05, 3.63) is 29.8 Å². The highest BCUT2D eigenvalue weighted by Gasteiger charge is 2.27. The number of nitrogens with two attached hydrogens (primary N) is 1. The van der Waals surface area contributed by atoms with Crippen molar-refractivity contribution in [2.75, 3.05) is 13.1 Å². The lowest BCUT2D eigenvalue weighted by atomic mass is 9.88. The molecule has 3 nitrogen and oxygen atoms in total. The van der Waals surface area contributed by atoms with E-state index in [4.69, 9.17) is 5.73 Å². The van der Waals surface area contributed by atoms with Gasteiger partial charge in [0, 0.05) is 24.7 Å². The lowest BCUT2D eigenvalue weighted by molar-refractivity contribution is -0.0510. The third-order valence-corrected chi connectivity index (χ3v) is 4.36. The highest BCUT2D eigenvalue weighted by Crippen LogP contribution is 2.28. The van der Waals surface area contributed by atoms with Gasteiger partial charge in [-0.2, -0.15) is 8.78 Å². The number of benzene rings is 1. The van der Waals surface area contributed by atoms with Crippen LogP contribution < -0.4 is 10.5 Å². The van der Waals surface area contributed by atoms with Crippen molar-refractivity contribution >= 4 is 0 Å². The second-order valence-electron chi connectivity index (χ2n) is 5.64. The number of likely N-dealkylation sites (tertiary alicyclic amines) is 1. The first-order valence-corrected chi connectivity index (χ1v) is 7.60. The summed E-state index contributed by atoms with van der Waals surface area (Å²) in [5.74, 6) is 0.989. The van der Waals surface area contributed by atoms with E-state index in [1.54, 1.807) is 12.1 Å². The molecule has 2 unspecified atom stereocenters. The molecule has 0 saturated carbocycles. The average molecular weight is 298 g/mol. The summed E-state index contributed by atoms with van der Waals surface area (Å²) >= 11 is 0. The second-order valence-corrected chi connectivity index (χ2v) is 5.64. The van der Waals surface area contributed by atoms with Crippen LogP contribution in [0.15, 0.2) is 24.3 Å². The first-order chi connectivity index (χ1) is 10.1. The van der Waals surface area contributed by atoms with Crippen molar-refractivity contribution in [2.45, 2.75) is 45.4 Å². The van der Waals surface area contributed by atoms with E-state index in [2.05, 4.69) is 16.6 Å². The van der Waals surface area contributed by atoms with Crippen LogP contribution in [0.2, 0.25) is 0 Å². The molecule has 0 spiro atoms. The summed E-state index contributed by atoms with van der Waals surface area (Å²) in [5, 5.41) is 0. The number of rotatable bonds is 6. The van der Waals surface area contributed by atoms with E-state index in [1.807, 2.05) is 12.1 Å². The van der Waals surface area contributed by atoms with Crippen molar-refractivity contribution in [1.29, 1.82) is 0 Å². The molecule has 118 valence electrons. The Kier molecular flexibility index (Phi) is 5.94. The fourth-order valence-electron chi connectivity index (χ4n) is 3.07. The van der Waals surface area contributed by atoms with Gasteiger partial charge in [0.05, 0.1) is 0 Å². The Bertz CT molecular complexity index is 442. The van der Waals surface area contributed by atoms with Gasteiger partial charge in [-0.3, -0.25) is 4.90 Å². The number of piperidine rings is 1. The van der Waals surface area contributed by atoms with E-state index >= 15 is 0 Å². The van der Waals surface area contributed by atoms with Crippen molar-refractivity contribution in [1.82, 2.24) is 4.90 Å². The van der Waals surface area contributed by atoms with Gasteiger partial charge < -0.3 is 10.5 Å². The molecule has 0 aromatic heterocycles. The van der Waals surface area contributed by atoms with Crippen LogP contribution in [0, 0.1) is 5.92 Å². The number of ether oxygens (including phenoxy) is 1. The van der Waals surface area contributed by atoms with E-state index in [9.17, 15) is 8.78 Å². The molecule has 2 N–H and O–H groups in total. The van der Waals surface area contributed by atoms with Crippen molar-refractivity contribution in [2.24, 2.45) is 11.7 Å².